The van der Waals surface area contributed by atoms with Crippen LogP contribution in [0.3, 0.4) is 0 Å². The highest BCUT2D eigenvalue weighted by Gasteiger charge is 2.32. The predicted octanol–water partition coefficient (Wildman–Crippen LogP) is 6.29. The number of aryl methyl sites for hydroxylation is 2. The van der Waals surface area contributed by atoms with Gasteiger partial charge in [-0.15, -0.1) is 0 Å². The molecule has 0 atom stereocenters. The van der Waals surface area contributed by atoms with Crippen LogP contribution in [0.1, 0.15) is 22.5 Å². The van der Waals surface area contributed by atoms with Crippen LogP contribution in [-0.4, -0.2) is 33.6 Å². The van der Waals surface area contributed by atoms with Crippen molar-refractivity contribution < 1.29 is 23.4 Å². The first-order chi connectivity index (χ1) is 19.2. The molecule has 7 nitrogen and oxygen atoms in total. The summed E-state index contributed by atoms with van der Waals surface area (Å²) in [6.07, 6.45) is 0.877. The molecule has 0 spiro atoms. The van der Waals surface area contributed by atoms with Gasteiger partial charge in [0, 0.05) is 28.3 Å². The molecule has 4 aromatic carbocycles. The molecule has 5 rings (SSSR count). The van der Waals surface area contributed by atoms with Gasteiger partial charge in [0.2, 0.25) is 0 Å². The van der Waals surface area contributed by atoms with Crippen molar-refractivity contribution in [3.8, 4) is 28.3 Å². The lowest BCUT2D eigenvalue weighted by Crippen LogP contribution is -2.18. The topological polar surface area (TPSA) is 109 Å². The highest BCUT2D eigenvalue weighted by atomic mass is 32.2. The number of imidazole rings is 1. The second-order valence-corrected chi connectivity index (χ2v) is 11.2. The molecule has 1 heterocycles. The van der Waals surface area contributed by atoms with Crippen LogP contribution in [0.25, 0.3) is 28.1 Å². The number of aromatic nitrogens is 2. The maximum absolute atomic E-state index is 14.5. The Morgan fingerprint density at radius 3 is 1.98 bits per heavy atom. The summed E-state index contributed by atoms with van der Waals surface area (Å²) in [6.45, 7) is 3.65. The number of aromatic hydroxyl groups is 1. The molecule has 200 valence electrons. The van der Waals surface area contributed by atoms with Crippen LogP contribution < -0.4 is 0 Å². The van der Waals surface area contributed by atoms with Gasteiger partial charge in [0.1, 0.15) is 5.75 Å². The zero-order valence-corrected chi connectivity index (χ0v) is 22.6. The molecule has 5 aromatic rings. The predicted molar refractivity (Wildman–Crippen MR) is 154 cm³/mol. The first-order valence-corrected chi connectivity index (χ1v) is 13.9. The van der Waals surface area contributed by atoms with Gasteiger partial charge in [-0.05, 0) is 38.1 Å². The number of nitrogens with zero attached hydrogens (tertiary/aromatic N) is 2. The van der Waals surface area contributed by atoms with Crippen LogP contribution in [0.2, 0.25) is 0 Å². The average molecular weight is 551 g/mol. The Balaban J connectivity index is 1.97. The van der Waals surface area contributed by atoms with Crippen LogP contribution >= 0.6 is 0 Å². The minimum Gasteiger partial charge on any atom is -0.507 e. The summed E-state index contributed by atoms with van der Waals surface area (Å²) >= 11 is 0. The number of aliphatic carboxylic acids is 1. The van der Waals surface area contributed by atoms with Crippen LogP contribution in [-0.2, 0) is 14.8 Å². The molecular formula is C32H26N2O5S. The Morgan fingerprint density at radius 2 is 1.38 bits per heavy atom. The molecule has 1 aromatic heterocycles. The lowest BCUT2D eigenvalue weighted by molar-refractivity contribution is -0.131. The van der Waals surface area contributed by atoms with E-state index in [1.807, 2.05) is 43.3 Å². The van der Waals surface area contributed by atoms with E-state index in [0.29, 0.717) is 16.8 Å². The van der Waals surface area contributed by atoms with Gasteiger partial charge < -0.3 is 10.2 Å². The number of carboxylic acids is 1. The number of carboxylic acid groups (broad SMARTS) is 1. The second-order valence-electron chi connectivity index (χ2n) is 9.36. The van der Waals surface area contributed by atoms with E-state index in [4.69, 9.17) is 4.98 Å². The summed E-state index contributed by atoms with van der Waals surface area (Å²) in [6, 6.07) is 29.2. The van der Waals surface area contributed by atoms with Gasteiger partial charge >= 0.3 is 5.97 Å². The molecule has 0 bridgehead atoms. The summed E-state index contributed by atoms with van der Waals surface area (Å²) in [5.74, 6) is -1.66. The average Bonchev–Trinajstić information content (AvgIpc) is 3.36. The molecule has 0 saturated carbocycles. The molecule has 0 aliphatic rings. The van der Waals surface area contributed by atoms with Crippen molar-refractivity contribution in [3.05, 3.63) is 132 Å². The van der Waals surface area contributed by atoms with E-state index in [1.54, 1.807) is 55.5 Å². The summed E-state index contributed by atoms with van der Waals surface area (Å²) in [5.41, 5.74) is 3.55. The second kappa shape index (κ2) is 10.7. The highest BCUT2D eigenvalue weighted by molar-refractivity contribution is 7.90. The normalized spacial score (nSPS) is 11.9. The molecule has 0 unspecified atom stereocenters. The van der Waals surface area contributed by atoms with Gasteiger partial charge in [-0.3, -0.25) is 0 Å². The van der Waals surface area contributed by atoms with Crippen LogP contribution in [0.4, 0.5) is 0 Å². The van der Waals surface area contributed by atoms with E-state index in [2.05, 4.69) is 0 Å². The van der Waals surface area contributed by atoms with Gasteiger partial charge in [-0.1, -0.05) is 90.0 Å². The Labute approximate surface area is 232 Å². The quantitative estimate of drug-likeness (QED) is 0.230. The zero-order chi connectivity index (χ0) is 28.4. The third-order valence-electron chi connectivity index (χ3n) is 6.44. The van der Waals surface area contributed by atoms with E-state index >= 15 is 0 Å². The SMILES string of the molecule is Cc1ccc(S(=O)(=O)n2c(C(=CC(=O)O)c3cc(C)ccc3O)nc(-c3ccccc3)c2-c2ccccc2)cc1. The van der Waals surface area contributed by atoms with E-state index in [1.165, 1.54) is 18.2 Å². The number of rotatable bonds is 7. The summed E-state index contributed by atoms with van der Waals surface area (Å²) in [7, 11) is -4.33. The maximum Gasteiger partial charge on any atom is 0.329 e. The summed E-state index contributed by atoms with van der Waals surface area (Å²) in [5, 5.41) is 20.7. The van der Waals surface area contributed by atoms with Gasteiger partial charge in [0.05, 0.1) is 16.3 Å². The fourth-order valence-corrected chi connectivity index (χ4v) is 6.01. The monoisotopic (exact) mass is 550 g/mol. The standard InChI is InChI=1S/C32H26N2O5S/c1-21-13-16-25(17-14-21)40(38,39)34-31(24-11-7-4-8-12-24)30(23-9-5-3-6-10-23)33-32(34)27(20-29(36)37)26-19-22(2)15-18-28(26)35/h3-20,35H,1-2H3,(H,36,37). The molecule has 0 fully saturated rings. The van der Waals surface area contributed by atoms with Crippen molar-refractivity contribution in [1.29, 1.82) is 0 Å². The molecule has 0 amide bonds. The lowest BCUT2D eigenvalue weighted by Gasteiger charge is -2.16. The lowest BCUT2D eigenvalue weighted by atomic mass is 10.0. The van der Waals surface area contributed by atoms with Crippen molar-refractivity contribution in [2.75, 3.05) is 0 Å². The van der Waals surface area contributed by atoms with Crippen molar-refractivity contribution >= 4 is 21.6 Å². The molecule has 8 heteroatoms. The van der Waals surface area contributed by atoms with Crippen LogP contribution in [0, 0.1) is 13.8 Å². The summed E-state index contributed by atoms with van der Waals surface area (Å²) in [4.78, 5) is 16.9. The third-order valence-corrected chi connectivity index (χ3v) is 8.15. The van der Waals surface area contributed by atoms with E-state index < -0.39 is 16.0 Å². The molecule has 40 heavy (non-hydrogen) atoms. The van der Waals surface area contributed by atoms with Crippen LogP contribution in [0.15, 0.2) is 114 Å². The van der Waals surface area contributed by atoms with Crippen molar-refractivity contribution in [3.63, 3.8) is 0 Å². The van der Waals surface area contributed by atoms with Crippen molar-refractivity contribution in [1.82, 2.24) is 8.96 Å². The number of phenols is 1. The Morgan fingerprint density at radius 1 is 0.800 bits per heavy atom. The third kappa shape index (κ3) is 5.04. The number of phenolic OH excluding ortho intramolecular Hbond substituents is 1. The first-order valence-electron chi connectivity index (χ1n) is 12.5. The van der Waals surface area contributed by atoms with Crippen molar-refractivity contribution in [2.45, 2.75) is 18.7 Å². The minimum absolute atomic E-state index is 0.0108. The highest BCUT2D eigenvalue weighted by Crippen LogP contribution is 2.40. The van der Waals surface area contributed by atoms with Gasteiger partial charge in [0.25, 0.3) is 10.0 Å². The van der Waals surface area contributed by atoms with Crippen LogP contribution in [0.5, 0.6) is 5.75 Å². The summed E-state index contributed by atoms with van der Waals surface area (Å²) < 4.78 is 30.0. The fraction of sp³-hybridized carbons (Fsp3) is 0.0625. The maximum atomic E-state index is 14.5. The zero-order valence-electron chi connectivity index (χ0n) is 21.8. The van der Waals surface area contributed by atoms with Gasteiger partial charge in [-0.25, -0.2) is 22.2 Å². The largest absolute Gasteiger partial charge is 0.507 e. The smallest absolute Gasteiger partial charge is 0.329 e. The van der Waals surface area contributed by atoms with Crippen molar-refractivity contribution in [2.24, 2.45) is 0 Å². The Hall–Kier alpha value is -4.95. The fourth-order valence-electron chi connectivity index (χ4n) is 4.52. The molecule has 0 radical (unpaired) electrons. The van der Waals surface area contributed by atoms with E-state index in [9.17, 15) is 23.4 Å². The Kier molecular flexibility index (Phi) is 7.11. The number of carbonyl (C=O) groups is 1. The van der Waals surface area contributed by atoms with E-state index in [-0.39, 0.29) is 33.3 Å². The molecular weight excluding hydrogens is 524 g/mol. The van der Waals surface area contributed by atoms with Gasteiger partial charge in [0.15, 0.2) is 5.82 Å². The molecule has 0 aliphatic heterocycles. The van der Waals surface area contributed by atoms with E-state index in [0.717, 1.165) is 21.2 Å². The molecule has 0 saturated heterocycles. The van der Waals surface area contributed by atoms with Gasteiger partial charge in [-0.2, -0.15) is 0 Å². The Bertz CT molecular complexity index is 1840. The number of benzene rings is 4. The molecule has 0 aliphatic carbocycles. The number of hydrogen-bond donors (Lipinski definition) is 2. The molecule has 2 N–H and O–H groups in total. The minimum atomic E-state index is -4.33. The first kappa shape index (κ1) is 26.6. The number of hydrogen-bond acceptors (Lipinski definition) is 5.